The van der Waals surface area contributed by atoms with Crippen LogP contribution in [0.3, 0.4) is 0 Å². The number of esters is 1. The number of rotatable bonds is 3. The summed E-state index contributed by atoms with van der Waals surface area (Å²) in [6.07, 6.45) is 0.826. The predicted molar refractivity (Wildman–Crippen MR) is 68.7 cm³/mol. The minimum absolute atomic E-state index is 0.0556. The van der Waals surface area contributed by atoms with Crippen LogP contribution < -0.4 is 10.1 Å². The number of nitrogens with one attached hydrogen (secondary N) is 1. The second-order valence-electron chi connectivity index (χ2n) is 4.59. The molecule has 2 rings (SSSR count). The van der Waals surface area contributed by atoms with Gasteiger partial charge in [0.1, 0.15) is 5.75 Å². The van der Waals surface area contributed by atoms with E-state index in [4.69, 9.17) is 9.47 Å². The highest BCUT2D eigenvalue weighted by Crippen LogP contribution is 2.29. The number of hydrogen-bond acceptors (Lipinski definition) is 4. The molecule has 1 aliphatic rings. The van der Waals surface area contributed by atoms with Crippen molar-refractivity contribution in [3.8, 4) is 5.75 Å². The lowest BCUT2D eigenvalue weighted by atomic mass is 9.85. The fourth-order valence-electron chi connectivity index (χ4n) is 2.44. The Morgan fingerprint density at radius 1 is 1.33 bits per heavy atom. The highest BCUT2D eigenvalue weighted by Gasteiger charge is 2.28. The zero-order chi connectivity index (χ0) is 13.0. The maximum absolute atomic E-state index is 11.6. The number of piperidine rings is 1. The molecule has 1 N–H and O–H groups in total. The van der Waals surface area contributed by atoms with Crippen molar-refractivity contribution >= 4 is 5.97 Å². The minimum atomic E-state index is -0.130. The van der Waals surface area contributed by atoms with Crippen LogP contribution in [0.5, 0.6) is 5.75 Å². The van der Waals surface area contributed by atoms with Crippen LogP contribution >= 0.6 is 0 Å². The van der Waals surface area contributed by atoms with E-state index in [1.807, 2.05) is 18.2 Å². The van der Waals surface area contributed by atoms with Crippen LogP contribution in [0, 0.1) is 5.92 Å². The molecule has 18 heavy (non-hydrogen) atoms. The van der Waals surface area contributed by atoms with Gasteiger partial charge in [0.05, 0.1) is 20.1 Å². The van der Waals surface area contributed by atoms with Gasteiger partial charge in [-0.15, -0.1) is 0 Å². The Hall–Kier alpha value is -1.55. The van der Waals surface area contributed by atoms with Crippen LogP contribution in [0.25, 0.3) is 0 Å². The van der Waals surface area contributed by atoms with Gasteiger partial charge in [-0.2, -0.15) is 0 Å². The van der Waals surface area contributed by atoms with Crippen molar-refractivity contribution in [3.63, 3.8) is 0 Å². The summed E-state index contributed by atoms with van der Waals surface area (Å²) in [6.45, 7) is 1.59. The van der Waals surface area contributed by atoms with Crippen LogP contribution in [0.15, 0.2) is 24.3 Å². The van der Waals surface area contributed by atoms with E-state index in [9.17, 15) is 4.79 Å². The topological polar surface area (TPSA) is 47.6 Å². The number of carbonyl (C=O) groups is 1. The van der Waals surface area contributed by atoms with Gasteiger partial charge < -0.3 is 14.8 Å². The number of hydrogen-bond donors (Lipinski definition) is 1. The summed E-state index contributed by atoms with van der Waals surface area (Å²) in [5.74, 6) is 1.00. The number of benzene rings is 1. The first-order valence-corrected chi connectivity index (χ1v) is 6.17. The normalized spacial score (nSPS) is 23.4. The smallest absolute Gasteiger partial charge is 0.309 e. The average Bonchev–Trinajstić information content (AvgIpc) is 2.46. The fraction of sp³-hybridized carbons (Fsp3) is 0.500. The largest absolute Gasteiger partial charge is 0.497 e. The van der Waals surface area contributed by atoms with Crippen LogP contribution in [0.2, 0.25) is 0 Å². The molecule has 0 aromatic heterocycles. The first-order chi connectivity index (χ1) is 8.74. The summed E-state index contributed by atoms with van der Waals surface area (Å²) in [7, 11) is 3.10. The molecule has 0 aliphatic carbocycles. The van der Waals surface area contributed by atoms with E-state index in [-0.39, 0.29) is 11.9 Å². The average molecular weight is 249 g/mol. The maximum Gasteiger partial charge on any atom is 0.309 e. The summed E-state index contributed by atoms with van der Waals surface area (Å²) in [5, 5.41) is 3.29. The van der Waals surface area contributed by atoms with Crippen molar-refractivity contribution in [2.24, 2.45) is 5.92 Å². The standard InChI is InChI=1S/C14H19NO3/c1-17-13-5-3-4-10(7-13)11-6-12(9-15-8-11)14(16)18-2/h3-5,7,11-12,15H,6,8-9H2,1-2H3/t11-,12+/m1/s1. The van der Waals surface area contributed by atoms with E-state index in [2.05, 4.69) is 11.4 Å². The first kappa shape index (κ1) is 12.9. The molecule has 1 aliphatic heterocycles. The van der Waals surface area contributed by atoms with Crippen molar-refractivity contribution in [3.05, 3.63) is 29.8 Å². The highest BCUT2D eigenvalue weighted by molar-refractivity contribution is 5.72. The Kier molecular flexibility index (Phi) is 4.20. The monoisotopic (exact) mass is 249 g/mol. The van der Waals surface area contributed by atoms with E-state index in [0.29, 0.717) is 12.5 Å². The van der Waals surface area contributed by atoms with E-state index in [1.54, 1.807) is 7.11 Å². The molecule has 1 aromatic rings. The molecule has 0 bridgehead atoms. The molecule has 1 fully saturated rings. The van der Waals surface area contributed by atoms with Gasteiger partial charge in [0, 0.05) is 13.1 Å². The summed E-state index contributed by atoms with van der Waals surface area (Å²) in [6, 6.07) is 8.02. The van der Waals surface area contributed by atoms with Gasteiger partial charge in [0.2, 0.25) is 0 Å². The van der Waals surface area contributed by atoms with Crippen molar-refractivity contribution in [2.75, 3.05) is 27.3 Å². The van der Waals surface area contributed by atoms with Crippen LogP contribution in [0.1, 0.15) is 17.9 Å². The number of methoxy groups -OCH3 is 2. The third-order valence-corrected chi connectivity index (χ3v) is 3.45. The Morgan fingerprint density at radius 2 is 2.17 bits per heavy atom. The van der Waals surface area contributed by atoms with E-state index >= 15 is 0 Å². The maximum atomic E-state index is 11.6. The molecular weight excluding hydrogens is 230 g/mol. The molecule has 98 valence electrons. The zero-order valence-electron chi connectivity index (χ0n) is 10.8. The Bertz CT molecular complexity index is 419. The van der Waals surface area contributed by atoms with E-state index in [0.717, 1.165) is 18.7 Å². The summed E-state index contributed by atoms with van der Waals surface area (Å²) < 4.78 is 10.0. The Labute approximate surface area is 107 Å². The van der Waals surface area contributed by atoms with Crippen LogP contribution in [-0.4, -0.2) is 33.3 Å². The molecule has 0 spiro atoms. The summed E-state index contributed by atoms with van der Waals surface area (Å²) >= 11 is 0. The predicted octanol–water partition coefficient (Wildman–Crippen LogP) is 1.56. The van der Waals surface area contributed by atoms with Crippen molar-refractivity contribution in [1.29, 1.82) is 0 Å². The molecule has 1 aromatic carbocycles. The Morgan fingerprint density at radius 3 is 2.89 bits per heavy atom. The Balaban J connectivity index is 2.10. The van der Waals surface area contributed by atoms with Gasteiger partial charge in [-0.25, -0.2) is 0 Å². The molecule has 0 amide bonds. The van der Waals surface area contributed by atoms with Crippen molar-refractivity contribution in [2.45, 2.75) is 12.3 Å². The van der Waals surface area contributed by atoms with Crippen LogP contribution in [-0.2, 0) is 9.53 Å². The number of carbonyl (C=O) groups excluding carboxylic acids is 1. The van der Waals surface area contributed by atoms with Crippen molar-refractivity contribution < 1.29 is 14.3 Å². The SMILES string of the molecule is COC(=O)[C@@H]1CNC[C@H](c2cccc(OC)c2)C1. The van der Waals surface area contributed by atoms with Gasteiger partial charge in [0.15, 0.2) is 0 Å². The van der Waals surface area contributed by atoms with Gasteiger partial charge in [-0.3, -0.25) is 4.79 Å². The zero-order valence-corrected chi connectivity index (χ0v) is 10.8. The third kappa shape index (κ3) is 2.82. The molecule has 0 radical (unpaired) electrons. The lowest BCUT2D eigenvalue weighted by molar-refractivity contribution is -0.146. The molecule has 4 heteroatoms. The minimum Gasteiger partial charge on any atom is -0.497 e. The van der Waals surface area contributed by atoms with Crippen LogP contribution in [0.4, 0.5) is 0 Å². The highest BCUT2D eigenvalue weighted by atomic mass is 16.5. The molecule has 4 nitrogen and oxygen atoms in total. The first-order valence-electron chi connectivity index (χ1n) is 6.17. The van der Waals surface area contributed by atoms with Gasteiger partial charge in [-0.1, -0.05) is 12.1 Å². The molecule has 1 heterocycles. The quantitative estimate of drug-likeness (QED) is 0.826. The lowest BCUT2D eigenvalue weighted by Crippen LogP contribution is -2.39. The van der Waals surface area contributed by atoms with Gasteiger partial charge in [0.25, 0.3) is 0 Å². The van der Waals surface area contributed by atoms with Gasteiger partial charge >= 0.3 is 5.97 Å². The second kappa shape index (κ2) is 5.87. The molecular formula is C14H19NO3. The molecule has 0 saturated carbocycles. The van der Waals surface area contributed by atoms with E-state index < -0.39 is 0 Å². The van der Waals surface area contributed by atoms with Crippen molar-refractivity contribution in [1.82, 2.24) is 5.32 Å². The van der Waals surface area contributed by atoms with E-state index in [1.165, 1.54) is 12.7 Å². The molecule has 0 unspecified atom stereocenters. The molecule has 1 saturated heterocycles. The fourth-order valence-corrected chi connectivity index (χ4v) is 2.44. The summed E-state index contributed by atoms with van der Waals surface area (Å²) in [5.41, 5.74) is 1.20. The third-order valence-electron chi connectivity index (χ3n) is 3.45. The van der Waals surface area contributed by atoms with Gasteiger partial charge in [-0.05, 0) is 30.0 Å². The number of ether oxygens (including phenoxy) is 2. The lowest BCUT2D eigenvalue weighted by Gasteiger charge is -2.28. The summed E-state index contributed by atoms with van der Waals surface area (Å²) in [4.78, 5) is 11.6. The second-order valence-corrected chi connectivity index (χ2v) is 4.59. The molecule has 2 atom stereocenters.